The van der Waals surface area contributed by atoms with Crippen LogP contribution in [-0.2, 0) is 67.8 Å². The van der Waals surface area contributed by atoms with E-state index in [1.165, 1.54) is 12.0 Å². The maximum Gasteiger partial charge on any atom is 0.317 e. The molecule has 26 nitrogen and oxygen atoms in total. The first kappa shape index (κ1) is 83.4. The summed E-state index contributed by atoms with van der Waals surface area (Å²) in [5, 5.41) is 24.8. The highest BCUT2D eigenvalue weighted by molar-refractivity contribution is 8.00. The van der Waals surface area contributed by atoms with E-state index in [-0.39, 0.29) is 41.9 Å². The molecule has 534 valence electrons. The molecule has 3 rings (SSSR count). The van der Waals surface area contributed by atoms with Crippen LogP contribution in [0.2, 0.25) is 32.2 Å². The number of carbonyl (C=O) groups excluding carboxylic acids is 5. The molecule has 0 bridgehead atoms. The highest BCUT2D eigenvalue weighted by Crippen LogP contribution is 2.31. The molecular weight excluding hydrogens is 1260 g/mol. The van der Waals surface area contributed by atoms with Crippen molar-refractivity contribution in [1.82, 2.24) is 40.6 Å². The molecule has 2 aromatic rings. The number of azide groups is 1. The van der Waals surface area contributed by atoms with Crippen LogP contribution in [0.5, 0.6) is 0 Å². The van der Waals surface area contributed by atoms with Gasteiger partial charge in [0, 0.05) is 76.2 Å². The summed E-state index contributed by atoms with van der Waals surface area (Å²) >= 11 is 1.58. The van der Waals surface area contributed by atoms with Gasteiger partial charge >= 0.3 is 6.03 Å². The van der Waals surface area contributed by atoms with Crippen LogP contribution in [0.15, 0.2) is 53.0 Å². The number of aromatic nitrogens is 2. The number of amides is 6. The van der Waals surface area contributed by atoms with Gasteiger partial charge in [-0.3, -0.25) is 19.2 Å². The van der Waals surface area contributed by atoms with Gasteiger partial charge in [-0.05, 0) is 87.3 Å². The van der Waals surface area contributed by atoms with Crippen LogP contribution in [0, 0.1) is 23.7 Å². The summed E-state index contributed by atoms with van der Waals surface area (Å²) < 4.78 is 52.1. The van der Waals surface area contributed by atoms with Gasteiger partial charge in [-0.15, -0.1) is 0 Å². The molecule has 94 heavy (non-hydrogen) atoms. The van der Waals surface area contributed by atoms with Crippen molar-refractivity contribution in [1.29, 1.82) is 0 Å². The van der Waals surface area contributed by atoms with Gasteiger partial charge in [0.25, 0.3) is 0 Å². The molecule has 29 heteroatoms. The summed E-state index contributed by atoms with van der Waals surface area (Å²) in [7, 11) is 2.03. The number of benzene rings is 1. The number of thioether (sulfide) groups is 1. The Kier molecular flexibility index (Phi) is 39.8. The van der Waals surface area contributed by atoms with Crippen molar-refractivity contribution >= 4 is 58.1 Å². The zero-order chi connectivity index (χ0) is 69.8. The maximum atomic E-state index is 14.8. The molecule has 0 unspecified atom stereocenters. The number of nitrogens with one attached hydrogen (secondary N) is 3. The summed E-state index contributed by atoms with van der Waals surface area (Å²) in [4.78, 5) is 87.8. The number of ether oxygens (including phenoxy) is 8. The number of aliphatic hydroxyl groups excluding tert-OH is 1. The molecule has 0 aliphatic carbocycles. The van der Waals surface area contributed by atoms with Crippen molar-refractivity contribution in [2.75, 3.05) is 126 Å². The van der Waals surface area contributed by atoms with E-state index in [4.69, 9.17) is 47.5 Å². The fraction of sp³-hybridized carbons (Fsp3) is 0.769. The first-order valence-corrected chi connectivity index (χ1v) is 40.5. The zero-order valence-electron chi connectivity index (χ0n) is 59.2. The molecule has 1 aromatic heterocycles. The lowest BCUT2D eigenvalue weighted by Gasteiger charge is -2.41. The van der Waals surface area contributed by atoms with Crippen LogP contribution in [-0.4, -0.2) is 244 Å². The number of aliphatic hydroxyl groups is 1. The largest absolute Gasteiger partial charge is 0.455 e. The smallest absolute Gasteiger partial charge is 0.317 e. The van der Waals surface area contributed by atoms with Crippen LogP contribution in [0.25, 0.3) is 10.4 Å². The van der Waals surface area contributed by atoms with Crippen molar-refractivity contribution in [3.8, 4) is 0 Å². The number of hydrogen-bond acceptors (Lipinski definition) is 19. The predicted octanol–water partition coefficient (Wildman–Crippen LogP) is 7.80. The molecule has 0 spiro atoms. The summed E-state index contributed by atoms with van der Waals surface area (Å²) in [5.41, 5.74) is 9.78. The topological polar surface area (TPSA) is 309 Å². The number of urea groups is 1. The maximum absolute atomic E-state index is 14.8. The van der Waals surface area contributed by atoms with Gasteiger partial charge in [0.1, 0.15) is 12.1 Å². The lowest BCUT2D eigenvalue weighted by molar-refractivity contribution is -0.148. The van der Waals surface area contributed by atoms with E-state index in [9.17, 15) is 29.1 Å². The molecule has 2 heterocycles. The Morgan fingerprint density at radius 1 is 0.777 bits per heavy atom. The zero-order valence-corrected chi connectivity index (χ0v) is 62.0. The van der Waals surface area contributed by atoms with Gasteiger partial charge in [0.2, 0.25) is 23.6 Å². The van der Waals surface area contributed by atoms with Gasteiger partial charge in [-0.25, -0.2) is 14.8 Å². The van der Waals surface area contributed by atoms with E-state index in [1.807, 2.05) is 71.9 Å². The Bertz CT molecular complexity index is 2550. The van der Waals surface area contributed by atoms with Crippen molar-refractivity contribution in [2.24, 2.45) is 28.8 Å². The van der Waals surface area contributed by atoms with Crippen molar-refractivity contribution in [3.63, 3.8) is 0 Å². The fourth-order valence-corrected chi connectivity index (χ4v) is 21.9. The first-order valence-electron chi connectivity index (χ1n) is 33.3. The second-order valence-corrected chi connectivity index (χ2v) is 36.1. The molecule has 1 aliphatic rings. The summed E-state index contributed by atoms with van der Waals surface area (Å²) in [6.45, 7) is 30.1. The molecule has 6 amide bonds. The van der Waals surface area contributed by atoms with E-state index in [0.29, 0.717) is 135 Å². The van der Waals surface area contributed by atoms with E-state index < -0.39 is 83.0 Å². The minimum absolute atomic E-state index is 0.0412. The number of carbonyl (C=O) groups is 5. The SMILES string of the molecule is CC[C@@H](C)[C@H]([C@H](CC(=O)N1CCC[C@@H]1[C@@H](OC)[C@H](C)C(=O)N[C@@H](C)[C@H](O)c1ccccc1)OC)N(C)C(=O)[C@H](NC(=O)[C@@H](C(C)C)N(C)C(=O)NCCC[Si](C)(C)O[Si](C)(C)CSc1ncc(COCCOCCOCCOCCOCCOCCN=[N+]=[N-])cn1)C(C)C. The van der Waals surface area contributed by atoms with Gasteiger partial charge < -0.3 is 77.8 Å². The van der Waals surface area contributed by atoms with Crippen LogP contribution >= 0.6 is 11.8 Å². The minimum Gasteiger partial charge on any atom is -0.455 e. The lowest BCUT2D eigenvalue weighted by atomic mass is 9.89. The summed E-state index contributed by atoms with van der Waals surface area (Å²) in [6, 6.07) is 6.15. The number of nitrogens with zero attached hydrogens (tertiary/aromatic N) is 8. The average Bonchev–Trinajstić information content (AvgIpc) is 1.39. The molecule has 1 saturated heterocycles. The Morgan fingerprint density at radius 3 is 1.88 bits per heavy atom. The van der Waals surface area contributed by atoms with Crippen molar-refractivity contribution in [2.45, 2.75) is 180 Å². The van der Waals surface area contributed by atoms with Gasteiger partial charge in [0.05, 0.1) is 128 Å². The van der Waals surface area contributed by atoms with E-state index >= 15 is 0 Å². The average molecular weight is 1380 g/mol. The van der Waals surface area contributed by atoms with Crippen LogP contribution < -0.4 is 16.0 Å². The second-order valence-electron chi connectivity index (χ2n) is 26.0. The first-order chi connectivity index (χ1) is 44.7. The van der Waals surface area contributed by atoms with E-state index in [1.54, 1.807) is 69.0 Å². The van der Waals surface area contributed by atoms with Gasteiger partial charge in [-0.1, -0.05) is 102 Å². The highest BCUT2D eigenvalue weighted by atomic mass is 32.2. The number of likely N-dealkylation sites (N-methyl/N-ethyl adjacent to an activating group) is 2. The normalized spacial score (nSPS) is 16.5. The Morgan fingerprint density at radius 2 is 1.35 bits per heavy atom. The molecule has 0 radical (unpaired) electrons. The summed E-state index contributed by atoms with van der Waals surface area (Å²) in [5.74, 6) is -2.70. The third kappa shape index (κ3) is 29.9. The van der Waals surface area contributed by atoms with Crippen molar-refractivity contribution in [3.05, 3.63) is 64.3 Å². The monoisotopic (exact) mass is 1380 g/mol. The van der Waals surface area contributed by atoms with Crippen LogP contribution in [0.4, 0.5) is 4.79 Å². The number of rotatable bonds is 49. The van der Waals surface area contributed by atoms with Gasteiger partial charge in [-0.2, -0.15) is 0 Å². The Labute approximate surface area is 566 Å². The molecule has 10 atom stereocenters. The Hall–Kier alpha value is -4.86. The molecular formula is C65H115N11O15SSi2. The second kappa shape index (κ2) is 44.9. The highest BCUT2D eigenvalue weighted by Gasteiger charge is 2.44. The lowest BCUT2D eigenvalue weighted by Crippen LogP contribution is -2.61. The summed E-state index contributed by atoms with van der Waals surface area (Å²) in [6.07, 6.45) is 3.94. The quantitative estimate of drug-likeness (QED) is 0.00934. The number of methoxy groups -OCH3 is 2. The minimum atomic E-state index is -2.17. The predicted molar refractivity (Wildman–Crippen MR) is 368 cm³/mol. The molecule has 1 fully saturated rings. The molecule has 1 aliphatic heterocycles. The van der Waals surface area contributed by atoms with Crippen LogP contribution in [0.1, 0.15) is 105 Å². The Balaban J connectivity index is 1.45. The fourth-order valence-electron chi connectivity index (χ4n) is 11.5. The van der Waals surface area contributed by atoms with E-state index in [2.05, 4.69) is 62.1 Å². The molecule has 4 N–H and O–H groups in total. The third-order valence-electron chi connectivity index (χ3n) is 16.7. The standard InChI is InChI=1S/C65H115N11O15SSi2/c1-17-48(6)58(54(83-11)41-55(77)76-28-21-25-53(76)60(84-12)49(7)61(79)71-50(8)59(78)52-23-19-18-20-24-52)74(9)63(81)56(46(2)3)72-62(80)57(47(4)5)75(10)65(82)67-26-22-40-93(13,14)91-94(15,16)45-92-64-68-42-51(43-69-64)44-90-39-38-89-37-36-88-35-34-87-33-32-86-31-30-85-29-27-70-73-66/h18-20,23-24,42-43,46-50,53-54,56-60,78H,17,21-22,25-41,44-45H2,1-16H3,(H,67,82)(H,71,79)(H,72,80)/t48-,49+,50+,53-,54+,56-,57-,58-,59+,60+/m1/s1. The molecule has 0 saturated carbocycles. The van der Waals surface area contributed by atoms with Crippen molar-refractivity contribution < 1.29 is 71.1 Å². The van der Waals surface area contributed by atoms with Gasteiger partial charge in [0.15, 0.2) is 21.8 Å². The van der Waals surface area contributed by atoms with E-state index in [0.717, 1.165) is 17.0 Å². The third-order valence-corrected chi connectivity index (χ3v) is 26.5. The van der Waals surface area contributed by atoms with Crippen LogP contribution in [0.3, 0.4) is 0 Å². The number of likely N-dealkylation sites (tertiary alicyclic amines) is 1. The molecule has 1 aromatic carbocycles. The number of hydrogen-bond donors (Lipinski definition) is 4.